The SMILES string of the molecule is COC(=O)c1[nH]cc(Cc2cccnc2)c1NC(=S)NC(=O)c1ccccc1. The summed E-state index contributed by atoms with van der Waals surface area (Å²) in [5.41, 5.74) is 2.89. The fourth-order valence-corrected chi connectivity index (χ4v) is 2.84. The van der Waals surface area contributed by atoms with E-state index in [1.807, 2.05) is 18.2 Å². The van der Waals surface area contributed by atoms with Gasteiger partial charge in [-0.2, -0.15) is 0 Å². The molecule has 0 saturated carbocycles. The van der Waals surface area contributed by atoms with Gasteiger partial charge in [-0.25, -0.2) is 4.79 Å². The number of H-pyrrole nitrogens is 1. The zero-order valence-corrected chi connectivity index (χ0v) is 15.9. The molecule has 0 spiro atoms. The van der Waals surface area contributed by atoms with Crippen LogP contribution in [0.5, 0.6) is 0 Å². The zero-order valence-electron chi connectivity index (χ0n) is 15.1. The highest BCUT2D eigenvalue weighted by molar-refractivity contribution is 7.80. The number of esters is 1. The summed E-state index contributed by atoms with van der Waals surface area (Å²) in [5.74, 6) is -0.890. The fraction of sp³-hybridized carbons (Fsp3) is 0.100. The number of amides is 1. The first-order valence-corrected chi connectivity index (χ1v) is 8.84. The number of nitrogens with zero attached hydrogens (tertiary/aromatic N) is 1. The van der Waals surface area contributed by atoms with Gasteiger partial charge < -0.3 is 15.0 Å². The van der Waals surface area contributed by atoms with Crippen LogP contribution in [0, 0.1) is 0 Å². The highest BCUT2D eigenvalue weighted by Crippen LogP contribution is 2.24. The van der Waals surface area contributed by atoms with Crippen molar-refractivity contribution < 1.29 is 14.3 Å². The van der Waals surface area contributed by atoms with Crippen LogP contribution in [0.2, 0.25) is 0 Å². The fourth-order valence-electron chi connectivity index (χ4n) is 2.64. The third-order valence-electron chi connectivity index (χ3n) is 3.97. The van der Waals surface area contributed by atoms with E-state index >= 15 is 0 Å². The number of aromatic nitrogens is 2. The van der Waals surface area contributed by atoms with Crippen molar-refractivity contribution in [2.45, 2.75) is 6.42 Å². The van der Waals surface area contributed by atoms with E-state index in [4.69, 9.17) is 17.0 Å². The lowest BCUT2D eigenvalue weighted by molar-refractivity contribution is 0.0596. The standard InChI is InChI=1S/C20H18N4O3S/c1-27-19(26)17-16(15(12-22-17)10-13-6-5-9-21-11-13)23-20(28)24-18(25)14-7-3-2-4-8-14/h2-9,11-12,22H,10H2,1H3,(H2,23,24,25,28). The van der Waals surface area contributed by atoms with Gasteiger partial charge in [-0.1, -0.05) is 24.3 Å². The van der Waals surface area contributed by atoms with Gasteiger partial charge in [-0.15, -0.1) is 0 Å². The number of ether oxygens (including phenoxy) is 1. The van der Waals surface area contributed by atoms with Crippen molar-refractivity contribution in [3.8, 4) is 0 Å². The molecule has 3 aromatic rings. The van der Waals surface area contributed by atoms with Crippen molar-refractivity contribution in [2.75, 3.05) is 12.4 Å². The molecule has 0 radical (unpaired) electrons. The second kappa shape index (κ2) is 8.92. The third-order valence-corrected chi connectivity index (χ3v) is 4.17. The van der Waals surface area contributed by atoms with Gasteiger partial charge in [-0.05, 0) is 41.5 Å². The molecule has 0 fully saturated rings. The minimum atomic E-state index is -0.544. The van der Waals surface area contributed by atoms with Gasteiger partial charge in [0, 0.05) is 30.6 Å². The monoisotopic (exact) mass is 394 g/mol. The summed E-state index contributed by atoms with van der Waals surface area (Å²) in [5, 5.41) is 5.63. The number of anilines is 1. The quantitative estimate of drug-likeness (QED) is 0.455. The molecule has 0 aliphatic carbocycles. The summed E-state index contributed by atoms with van der Waals surface area (Å²) in [6.07, 6.45) is 5.64. The number of benzene rings is 1. The molecule has 0 aliphatic heterocycles. The highest BCUT2D eigenvalue weighted by atomic mass is 32.1. The molecule has 0 bridgehead atoms. The maximum Gasteiger partial charge on any atom is 0.356 e. The van der Waals surface area contributed by atoms with Crippen LogP contribution in [0.4, 0.5) is 5.69 Å². The van der Waals surface area contributed by atoms with Gasteiger partial charge in [0.15, 0.2) is 5.11 Å². The Morgan fingerprint density at radius 2 is 1.96 bits per heavy atom. The Bertz CT molecular complexity index is 987. The average Bonchev–Trinajstić information content (AvgIpc) is 3.10. The summed E-state index contributed by atoms with van der Waals surface area (Å²) in [6, 6.07) is 12.5. The molecule has 28 heavy (non-hydrogen) atoms. The smallest absolute Gasteiger partial charge is 0.356 e. The summed E-state index contributed by atoms with van der Waals surface area (Å²) in [4.78, 5) is 31.4. The number of hydrogen-bond donors (Lipinski definition) is 3. The van der Waals surface area contributed by atoms with E-state index in [0.29, 0.717) is 17.7 Å². The molecule has 8 heteroatoms. The molecule has 0 saturated heterocycles. The van der Waals surface area contributed by atoms with Gasteiger partial charge >= 0.3 is 5.97 Å². The van der Waals surface area contributed by atoms with E-state index in [2.05, 4.69) is 20.6 Å². The van der Waals surface area contributed by atoms with E-state index < -0.39 is 5.97 Å². The topological polar surface area (TPSA) is 96.1 Å². The van der Waals surface area contributed by atoms with E-state index in [-0.39, 0.29) is 16.7 Å². The highest BCUT2D eigenvalue weighted by Gasteiger charge is 2.20. The van der Waals surface area contributed by atoms with Crippen LogP contribution in [-0.4, -0.2) is 34.1 Å². The van der Waals surface area contributed by atoms with Gasteiger partial charge in [0.2, 0.25) is 0 Å². The Kier molecular flexibility index (Phi) is 6.13. The molecular weight excluding hydrogens is 376 g/mol. The second-order valence-electron chi connectivity index (χ2n) is 5.87. The van der Waals surface area contributed by atoms with Crippen molar-refractivity contribution in [2.24, 2.45) is 0 Å². The molecule has 1 aromatic carbocycles. The predicted octanol–water partition coefficient (Wildman–Crippen LogP) is 2.91. The first-order valence-electron chi connectivity index (χ1n) is 8.43. The lowest BCUT2D eigenvalue weighted by atomic mass is 10.1. The molecule has 2 heterocycles. The number of carbonyl (C=O) groups is 2. The molecule has 1 amide bonds. The van der Waals surface area contributed by atoms with Crippen LogP contribution >= 0.6 is 12.2 Å². The van der Waals surface area contributed by atoms with Gasteiger partial charge in [-0.3, -0.25) is 15.1 Å². The Labute approximate surface area is 167 Å². The van der Waals surface area contributed by atoms with Crippen LogP contribution in [-0.2, 0) is 11.2 Å². The van der Waals surface area contributed by atoms with Crippen LogP contribution in [0.3, 0.4) is 0 Å². The molecular formula is C20H18N4O3S. The lowest BCUT2D eigenvalue weighted by Crippen LogP contribution is -2.34. The minimum Gasteiger partial charge on any atom is -0.464 e. The minimum absolute atomic E-state index is 0.0750. The molecule has 0 atom stereocenters. The van der Waals surface area contributed by atoms with Crippen LogP contribution in [0.15, 0.2) is 61.1 Å². The molecule has 3 rings (SSSR count). The summed E-state index contributed by atoms with van der Waals surface area (Å²) >= 11 is 5.26. The van der Waals surface area contributed by atoms with E-state index in [9.17, 15) is 9.59 Å². The van der Waals surface area contributed by atoms with Gasteiger partial charge in [0.05, 0.1) is 12.8 Å². The number of nitrogens with one attached hydrogen (secondary N) is 3. The Balaban J connectivity index is 1.80. The maximum atomic E-state index is 12.3. The van der Waals surface area contributed by atoms with Crippen molar-refractivity contribution in [3.05, 3.63) is 83.4 Å². The summed E-state index contributed by atoms with van der Waals surface area (Å²) in [7, 11) is 1.29. The first-order chi connectivity index (χ1) is 13.6. The molecule has 0 aliphatic rings. The van der Waals surface area contributed by atoms with Gasteiger partial charge in [0.1, 0.15) is 5.69 Å². The summed E-state index contributed by atoms with van der Waals surface area (Å²) < 4.78 is 4.82. The van der Waals surface area contributed by atoms with Crippen LogP contribution in [0.1, 0.15) is 32.0 Å². The van der Waals surface area contributed by atoms with E-state index in [1.165, 1.54) is 7.11 Å². The number of aromatic amines is 1. The predicted molar refractivity (Wildman–Crippen MR) is 109 cm³/mol. The number of methoxy groups -OCH3 is 1. The van der Waals surface area contributed by atoms with Gasteiger partial charge in [0.25, 0.3) is 5.91 Å². The first kappa shape index (κ1) is 19.2. The number of rotatable bonds is 5. The van der Waals surface area contributed by atoms with Crippen LogP contribution < -0.4 is 10.6 Å². The number of carbonyl (C=O) groups excluding carboxylic acids is 2. The van der Waals surface area contributed by atoms with E-state index in [1.54, 1.807) is 42.9 Å². The Morgan fingerprint density at radius 3 is 2.64 bits per heavy atom. The molecule has 0 unspecified atom stereocenters. The Hall–Kier alpha value is -3.52. The zero-order chi connectivity index (χ0) is 19.9. The third kappa shape index (κ3) is 4.60. The number of thiocarbonyl (C=S) groups is 1. The number of pyridine rings is 1. The largest absolute Gasteiger partial charge is 0.464 e. The van der Waals surface area contributed by atoms with Crippen molar-refractivity contribution in [1.29, 1.82) is 0 Å². The molecule has 7 nitrogen and oxygen atoms in total. The second-order valence-corrected chi connectivity index (χ2v) is 6.28. The average molecular weight is 394 g/mol. The normalized spacial score (nSPS) is 10.2. The number of hydrogen-bond acceptors (Lipinski definition) is 5. The van der Waals surface area contributed by atoms with E-state index in [0.717, 1.165) is 11.1 Å². The lowest BCUT2D eigenvalue weighted by Gasteiger charge is -2.12. The molecule has 3 N–H and O–H groups in total. The van der Waals surface area contributed by atoms with Crippen molar-refractivity contribution in [1.82, 2.24) is 15.3 Å². The summed E-state index contributed by atoms with van der Waals surface area (Å²) in [6.45, 7) is 0. The van der Waals surface area contributed by atoms with Crippen molar-refractivity contribution in [3.63, 3.8) is 0 Å². The molecule has 2 aromatic heterocycles. The molecule has 142 valence electrons. The van der Waals surface area contributed by atoms with Crippen molar-refractivity contribution >= 4 is 34.9 Å². The Morgan fingerprint density at radius 1 is 1.18 bits per heavy atom. The van der Waals surface area contributed by atoms with Crippen LogP contribution in [0.25, 0.3) is 0 Å². The maximum absolute atomic E-state index is 12.3.